The smallest absolute Gasteiger partial charge is 0.417 e. The molecule has 6 nitrogen and oxygen atoms in total. The van der Waals surface area contributed by atoms with Crippen LogP contribution in [0.15, 0.2) is 10.2 Å². The van der Waals surface area contributed by atoms with Crippen molar-refractivity contribution >= 4 is 12.0 Å². The highest BCUT2D eigenvalue weighted by Crippen LogP contribution is 2.47. The van der Waals surface area contributed by atoms with E-state index >= 15 is 0 Å². The topological polar surface area (TPSA) is 71.3 Å². The molecule has 0 radical (unpaired) electrons. The molecule has 1 saturated carbocycles. The van der Waals surface area contributed by atoms with Crippen molar-refractivity contribution in [1.82, 2.24) is 4.90 Å². The van der Waals surface area contributed by atoms with Crippen LogP contribution in [0.2, 0.25) is 0 Å². The van der Waals surface area contributed by atoms with Crippen molar-refractivity contribution in [1.29, 1.82) is 0 Å². The van der Waals surface area contributed by atoms with Crippen molar-refractivity contribution in [2.45, 2.75) is 44.9 Å². The number of azo groups is 1. The number of carbonyl (C=O) groups excluding carboxylic acids is 2. The number of likely N-dealkylation sites (tertiary alicyclic amines) is 1. The zero-order valence-electron chi connectivity index (χ0n) is 10.8. The summed E-state index contributed by atoms with van der Waals surface area (Å²) >= 11 is 0. The van der Waals surface area contributed by atoms with E-state index in [0.717, 1.165) is 0 Å². The predicted octanol–water partition coefficient (Wildman–Crippen LogP) is 1.60. The van der Waals surface area contributed by atoms with Crippen molar-refractivity contribution in [3.8, 4) is 0 Å². The van der Waals surface area contributed by atoms with E-state index in [1.54, 1.807) is 20.8 Å². The number of hydrogen-bond donors (Lipinski definition) is 0. The number of fused-ring (bicyclic) bond motifs is 5. The van der Waals surface area contributed by atoms with Gasteiger partial charge in [0.1, 0.15) is 5.60 Å². The Kier molecular flexibility index (Phi) is 2.27. The van der Waals surface area contributed by atoms with Gasteiger partial charge in [-0.3, -0.25) is 4.79 Å². The molecule has 4 atom stereocenters. The van der Waals surface area contributed by atoms with Crippen molar-refractivity contribution in [2.75, 3.05) is 6.54 Å². The van der Waals surface area contributed by atoms with Gasteiger partial charge in [-0.1, -0.05) is 0 Å². The fourth-order valence-electron chi connectivity index (χ4n) is 3.15. The van der Waals surface area contributed by atoms with Gasteiger partial charge < -0.3 is 4.74 Å². The fourth-order valence-corrected chi connectivity index (χ4v) is 3.15. The molecule has 4 unspecified atom stereocenters. The molecule has 2 fully saturated rings. The molecule has 2 amide bonds. The number of carbonyl (C=O) groups is 2. The zero-order chi connectivity index (χ0) is 13.1. The van der Waals surface area contributed by atoms with E-state index in [-0.39, 0.29) is 29.8 Å². The molecule has 18 heavy (non-hydrogen) atoms. The molecular formula is C12H17N3O3. The minimum atomic E-state index is -0.588. The molecule has 0 aromatic rings. The lowest BCUT2D eigenvalue weighted by Crippen LogP contribution is -2.51. The van der Waals surface area contributed by atoms with E-state index < -0.39 is 11.7 Å². The van der Waals surface area contributed by atoms with E-state index in [1.165, 1.54) is 4.90 Å². The Morgan fingerprint density at radius 1 is 1.44 bits per heavy atom. The van der Waals surface area contributed by atoms with Crippen LogP contribution in [-0.4, -0.2) is 41.1 Å². The van der Waals surface area contributed by atoms with Crippen molar-refractivity contribution in [2.24, 2.45) is 22.1 Å². The first kappa shape index (κ1) is 11.6. The maximum Gasteiger partial charge on any atom is 0.417 e. The van der Waals surface area contributed by atoms with Gasteiger partial charge in [0.05, 0.1) is 18.6 Å². The largest absolute Gasteiger partial charge is 0.443 e. The van der Waals surface area contributed by atoms with Crippen LogP contribution in [0.5, 0.6) is 0 Å². The summed E-state index contributed by atoms with van der Waals surface area (Å²) in [7, 11) is 0. The van der Waals surface area contributed by atoms with Gasteiger partial charge >= 0.3 is 6.09 Å². The van der Waals surface area contributed by atoms with E-state index in [2.05, 4.69) is 10.2 Å². The number of piperidine rings is 1. The second kappa shape index (κ2) is 3.52. The van der Waals surface area contributed by atoms with Crippen LogP contribution in [0, 0.1) is 11.8 Å². The highest BCUT2D eigenvalue weighted by Gasteiger charge is 2.61. The standard InChI is InChI=1S/C12H17N3O3/c1-12(2,3)18-11(17)15-8-4-6(10(15)16)7-5-13-14-9(7)8/h6-9H,4-5H2,1-3H3. The van der Waals surface area contributed by atoms with Gasteiger partial charge in [0.25, 0.3) is 0 Å². The SMILES string of the molecule is CC(C)(C)OC(=O)N1C(=O)C2CC1C1N=NCC21. The summed E-state index contributed by atoms with van der Waals surface area (Å²) in [6.45, 7) is 6.01. The minimum Gasteiger partial charge on any atom is -0.443 e. The van der Waals surface area contributed by atoms with Crippen LogP contribution in [0.25, 0.3) is 0 Å². The molecular weight excluding hydrogens is 234 g/mol. The maximum atomic E-state index is 12.2. The van der Waals surface area contributed by atoms with Gasteiger partial charge in [-0.25, -0.2) is 9.69 Å². The summed E-state index contributed by atoms with van der Waals surface area (Å²) in [5.74, 6) is 0.00602. The quantitative estimate of drug-likeness (QED) is 0.656. The van der Waals surface area contributed by atoms with E-state index in [1.807, 2.05) is 0 Å². The molecule has 0 aromatic heterocycles. The van der Waals surface area contributed by atoms with E-state index in [4.69, 9.17) is 4.74 Å². The molecule has 2 bridgehead atoms. The summed E-state index contributed by atoms with van der Waals surface area (Å²) in [5.41, 5.74) is -0.588. The maximum absolute atomic E-state index is 12.2. The number of imide groups is 1. The van der Waals surface area contributed by atoms with E-state index in [0.29, 0.717) is 13.0 Å². The van der Waals surface area contributed by atoms with E-state index in [9.17, 15) is 9.59 Å². The van der Waals surface area contributed by atoms with Gasteiger partial charge in [-0.15, -0.1) is 0 Å². The number of hydrogen-bond acceptors (Lipinski definition) is 5. The van der Waals surface area contributed by atoms with Crippen LogP contribution in [0.3, 0.4) is 0 Å². The molecule has 3 aliphatic rings. The van der Waals surface area contributed by atoms with Crippen LogP contribution in [0.1, 0.15) is 27.2 Å². The molecule has 98 valence electrons. The predicted molar refractivity (Wildman–Crippen MR) is 62.0 cm³/mol. The second-order valence-corrected chi connectivity index (χ2v) is 6.19. The lowest BCUT2D eigenvalue weighted by molar-refractivity contribution is -0.135. The molecule has 2 aliphatic heterocycles. The third-order valence-electron chi connectivity index (χ3n) is 3.83. The summed E-state index contributed by atoms with van der Waals surface area (Å²) in [5, 5.41) is 8.17. The summed E-state index contributed by atoms with van der Waals surface area (Å²) in [6, 6.07) is -0.145. The summed E-state index contributed by atoms with van der Waals surface area (Å²) in [4.78, 5) is 25.5. The molecule has 0 N–H and O–H groups in total. The average Bonchev–Trinajstić information content (AvgIpc) is 2.82. The van der Waals surface area contributed by atoms with Gasteiger partial charge in [-0.2, -0.15) is 10.2 Å². The first-order chi connectivity index (χ1) is 8.38. The third kappa shape index (κ3) is 1.54. The molecule has 0 spiro atoms. The first-order valence-corrected chi connectivity index (χ1v) is 6.31. The summed E-state index contributed by atoms with van der Waals surface area (Å²) < 4.78 is 5.29. The monoisotopic (exact) mass is 251 g/mol. The second-order valence-electron chi connectivity index (χ2n) is 6.19. The number of ether oxygens (including phenoxy) is 1. The van der Waals surface area contributed by atoms with Gasteiger partial charge in [-0.05, 0) is 27.2 Å². The molecule has 0 aromatic carbocycles. The number of nitrogens with zero attached hydrogens (tertiary/aromatic N) is 3. The Hall–Kier alpha value is -1.46. The Labute approximate surface area is 105 Å². The van der Waals surface area contributed by atoms with Crippen LogP contribution >= 0.6 is 0 Å². The van der Waals surface area contributed by atoms with Crippen molar-refractivity contribution in [3.63, 3.8) is 0 Å². The highest BCUT2D eigenvalue weighted by atomic mass is 16.6. The van der Waals surface area contributed by atoms with Crippen molar-refractivity contribution in [3.05, 3.63) is 0 Å². The Morgan fingerprint density at radius 3 is 2.83 bits per heavy atom. The molecule has 3 rings (SSSR count). The van der Waals surface area contributed by atoms with Gasteiger partial charge in [0.15, 0.2) is 0 Å². The fraction of sp³-hybridized carbons (Fsp3) is 0.833. The molecule has 6 heteroatoms. The average molecular weight is 251 g/mol. The van der Waals surface area contributed by atoms with Crippen molar-refractivity contribution < 1.29 is 14.3 Å². The molecule has 1 saturated heterocycles. The Bertz CT molecular complexity index is 440. The lowest BCUT2D eigenvalue weighted by atomic mass is 9.91. The van der Waals surface area contributed by atoms with Gasteiger partial charge in [0.2, 0.25) is 5.91 Å². The summed E-state index contributed by atoms with van der Waals surface area (Å²) in [6.07, 6.45) is 0.174. The molecule has 1 aliphatic carbocycles. The molecule has 2 heterocycles. The van der Waals surface area contributed by atoms with Crippen LogP contribution < -0.4 is 0 Å². The first-order valence-electron chi connectivity index (χ1n) is 6.31. The minimum absolute atomic E-state index is 0.000202. The lowest BCUT2D eigenvalue weighted by Gasteiger charge is -2.32. The Morgan fingerprint density at radius 2 is 2.17 bits per heavy atom. The normalized spacial score (nSPS) is 37.3. The van der Waals surface area contributed by atoms with Crippen LogP contribution in [-0.2, 0) is 9.53 Å². The number of rotatable bonds is 0. The zero-order valence-corrected chi connectivity index (χ0v) is 10.8. The van der Waals surface area contributed by atoms with Gasteiger partial charge in [0, 0.05) is 11.8 Å². The Balaban J connectivity index is 1.80. The third-order valence-corrected chi connectivity index (χ3v) is 3.83. The van der Waals surface area contributed by atoms with Crippen LogP contribution in [0.4, 0.5) is 4.79 Å². The number of amides is 2. The highest BCUT2D eigenvalue weighted by molar-refractivity contribution is 5.97.